The molecule has 0 radical (unpaired) electrons. The molecule has 1 aliphatic heterocycles. The third-order valence-electron chi connectivity index (χ3n) is 3.93. The Bertz CT molecular complexity index is 678. The molecule has 9 heteroatoms. The summed E-state index contributed by atoms with van der Waals surface area (Å²) >= 11 is 1.19. The van der Waals surface area contributed by atoms with Gasteiger partial charge in [0.1, 0.15) is 10.3 Å². The summed E-state index contributed by atoms with van der Waals surface area (Å²) in [5, 5.41) is 4.41. The predicted molar refractivity (Wildman–Crippen MR) is 92.1 cm³/mol. The lowest BCUT2D eigenvalue weighted by Crippen LogP contribution is -2.56. The summed E-state index contributed by atoms with van der Waals surface area (Å²) in [4.78, 5) is 25.5. The van der Waals surface area contributed by atoms with Crippen LogP contribution in [-0.4, -0.2) is 61.7 Å². The molecule has 2 heterocycles. The zero-order valence-corrected chi connectivity index (χ0v) is 15.7. The van der Waals surface area contributed by atoms with Crippen LogP contribution in [0.5, 0.6) is 0 Å². The molecule has 0 saturated carbocycles. The minimum absolute atomic E-state index is 0.0331. The Morgan fingerprint density at radius 1 is 1.21 bits per heavy atom. The van der Waals surface area contributed by atoms with Crippen LogP contribution >= 0.6 is 11.3 Å². The topological polar surface area (TPSA) is 86.8 Å². The van der Waals surface area contributed by atoms with Crippen LogP contribution in [0.2, 0.25) is 0 Å². The summed E-state index contributed by atoms with van der Waals surface area (Å²) in [6, 6.07) is 2.71. The Morgan fingerprint density at radius 2 is 1.83 bits per heavy atom. The van der Waals surface area contributed by atoms with E-state index < -0.39 is 16.1 Å². The highest BCUT2D eigenvalue weighted by molar-refractivity contribution is 7.91. The number of hydrogen-bond acceptors (Lipinski definition) is 5. The van der Waals surface area contributed by atoms with Crippen LogP contribution < -0.4 is 5.32 Å². The molecule has 0 spiro atoms. The van der Waals surface area contributed by atoms with E-state index in [1.54, 1.807) is 22.4 Å². The van der Waals surface area contributed by atoms with Gasteiger partial charge in [0.25, 0.3) is 10.0 Å². The first kappa shape index (κ1) is 18.9. The van der Waals surface area contributed by atoms with Crippen LogP contribution in [0.3, 0.4) is 0 Å². The average Bonchev–Trinajstić information content (AvgIpc) is 3.07. The van der Waals surface area contributed by atoms with Gasteiger partial charge in [-0.05, 0) is 17.4 Å². The van der Waals surface area contributed by atoms with E-state index in [4.69, 9.17) is 0 Å². The van der Waals surface area contributed by atoms with Gasteiger partial charge < -0.3 is 10.2 Å². The molecule has 1 fully saturated rings. The van der Waals surface area contributed by atoms with Crippen LogP contribution in [0.1, 0.15) is 20.8 Å². The molecule has 1 saturated heterocycles. The molecule has 1 aromatic heterocycles. The lowest BCUT2D eigenvalue weighted by Gasteiger charge is -2.36. The van der Waals surface area contributed by atoms with E-state index >= 15 is 0 Å². The van der Waals surface area contributed by atoms with Gasteiger partial charge in [0.15, 0.2) is 0 Å². The SMILES string of the molecule is CC(=O)N[C@@H](C(=O)N1CCN(S(=O)(=O)c2cccs2)CC1)C(C)C. The monoisotopic (exact) mass is 373 g/mol. The van der Waals surface area contributed by atoms with Gasteiger partial charge in [-0.2, -0.15) is 4.31 Å². The van der Waals surface area contributed by atoms with Crippen molar-refractivity contribution in [1.82, 2.24) is 14.5 Å². The van der Waals surface area contributed by atoms with Crippen LogP contribution in [0.25, 0.3) is 0 Å². The Balaban J connectivity index is 2.01. The fourth-order valence-electron chi connectivity index (χ4n) is 2.62. The summed E-state index contributed by atoms with van der Waals surface area (Å²) in [7, 11) is -3.48. The maximum atomic E-state index is 12.6. The van der Waals surface area contributed by atoms with Gasteiger partial charge in [-0.3, -0.25) is 9.59 Å². The largest absolute Gasteiger partial charge is 0.344 e. The number of sulfonamides is 1. The van der Waals surface area contributed by atoms with Crippen molar-refractivity contribution in [3.05, 3.63) is 17.5 Å². The molecular weight excluding hydrogens is 350 g/mol. The first-order valence-corrected chi connectivity index (χ1v) is 10.1. The van der Waals surface area contributed by atoms with Gasteiger partial charge >= 0.3 is 0 Å². The van der Waals surface area contributed by atoms with Crippen LogP contribution in [-0.2, 0) is 19.6 Å². The minimum Gasteiger partial charge on any atom is -0.344 e. The normalized spacial score (nSPS) is 17.8. The lowest BCUT2D eigenvalue weighted by atomic mass is 10.0. The number of nitrogens with one attached hydrogen (secondary N) is 1. The molecule has 2 rings (SSSR count). The van der Waals surface area contributed by atoms with Crippen molar-refractivity contribution in [2.45, 2.75) is 31.0 Å². The van der Waals surface area contributed by atoms with Gasteiger partial charge in [0.05, 0.1) is 0 Å². The predicted octanol–water partition coefficient (Wildman–Crippen LogP) is 0.742. The first-order valence-electron chi connectivity index (χ1n) is 7.83. The number of thiophene rings is 1. The number of piperazine rings is 1. The average molecular weight is 374 g/mol. The highest BCUT2D eigenvalue weighted by atomic mass is 32.2. The van der Waals surface area contributed by atoms with Gasteiger partial charge in [-0.1, -0.05) is 19.9 Å². The third-order valence-corrected chi connectivity index (χ3v) is 7.20. The zero-order valence-electron chi connectivity index (χ0n) is 14.1. The molecule has 0 aliphatic carbocycles. The summed E-state index contributed by atoms with van der Waals surface area (Å²) in [6.45, 7) is 6.30. The smallest absolute Gasteiger partial charge is 0.252 e. The number of hydrogen-bond donors (Lipinski definition) is 1. The molecule has 0 aromatic carbocycles. The van der Waals surface area contributed by atoms with E-state index in [1.807, 2.05) is 13.8 Å². The fourth-order valence-corrected chi connectivity index (χ4v) is 5.18. The van der Waals surface area contributed by atoms with Gasteiger partial charge in [0, 0.05) is 33.1 Å². The third kappa shape index (κ3) is 4.14. The van der Waals surface area contributed by atoms with E-state index in [0.717, 1.165) is 0 Å². The first-order chi connectivity index (χ1) is 11.2. The summed E-state index contributed by atoms with van der Waals surface area (Å²) in [5.41, 5.74) is 0. The second-order valence-corrected chi connectivity index (χ2v) is 9.20. The van der Waals surface area contributed by atoms with E-state index in [1.165, 1.54) is 22.6 Å². The maximum Gasteiger partial charge on any atom is 0.252 e. The van der Waals surface area contributed by atoms with Crippen molar-refractivity contribution in [3.63, 3.8) is 0 Å². The van der Waals surface area contributed by atoms with Crippen molar-refractivity contribution in [3.8, 4) is 0 Å². The molecule has 24 heavy (non-hydrogen) atoms. The summed E-state index contributed by atoms with van der Waals surface area (Å²) < 4.78 is 26.7. The van der Waals surface area contributed by atoms with Gasteiger partial charge in [-0.25, -0.2) is 8.42 Å². The molecule has 7 nitrogen and oxygen atoms in total. The quantitative estimate of drug-likeness (QED) is 0.825. The number of carbonyl (C=O) groups is 2. The lowest BCUT2D eigenvalue weighted by molar-refractivity contribution is -0.138. The highest BCUT2D eigenvalue weighted by Gasteiger charge is 2.34. The van der Waals surface area contributed by atoms with Crippen LogP contribution in [0, 0.1) is 5.92 Å². The summed E-state index contributed by atoms with van der Waals surface area (Å²) in [6.07, 6.45) is 0. The Kier molecular flexibility index (Phi) is 6.00. The van der Waals surface area contributed by atoms with Crippen molar-refractivity contribution in [2.24, 2.45) is 5.92 Å². The number of rotatable bonds is 5. The highest BCUT2D eigenvalue weighted by Crippen LogP contribution is 2.22. The Labute approximate surface area is 146 Å². The molecule has 0 unspecified atom stereocenters. The van der Waals surface area contributed by atoms with Gasteiger partial charge in [0.2, 0.25) is 11.8 Å². The number of carbonyl (C=O) groups excluding carboxylic acids is 2. The zero-order chi connectivity index (χ0) is 17.9. The standard InChI is InChI=1S/C15H23N3O4S2/c1-11(2)14(16-12(3)19)15(20)17-6-8-18(9-7-17)24(21,22)13-5-4-10-23-13/h4-5,10-11,14H,6-9H2,1-3H3,(H,16,19)/t14-/m1/s1. The van der Waals surface area contributed by atoms with Crippen molar-refractivity contribution in [2.75, 3.05) is 26.2 Å². The molecule has 134 valence electrons. The van der Waals surface area contributed by atoms with E-state index in [2.05, 4.69) is 5.32 Å². The van der Waals surface area contributed by atoms with Crippen molar-refractivity contribution >= 4 is 33.2 Å². The van der Waals surface area contributed by atoms with E-state index in [9.17, 15) is 18.0 Å². The molecule has 2 amide bonds. The van der Waals surface area contributed by atoms with Crippen LogP contribution in [0.15, 0.2) is 21.7 Å². The second kappa shape index (κ2) is 7.62. The molecule has 1 N–H and O–H groups in total. The maximum absolute atomic E-state index is 12.6. The Morgan fingerprint density at radius 3 is 2.29 bits per heavy atom. The fraction of sp³-hybridized carbons (Fsp3) is 0.600. The van der Waals surface area contributed by atoms with E-state index in [0.29, 0.717) is 17.3 Å². The number of amides is 2. The number of nitrogens with zero attached hydrogens (tertiary/aromatic N) is 2. The van der Waals surface area contributed by atoms with Crippen molar-refractivity contribution in [1.29, 1.82) is 0 Å². The Hall–Kier alpha value is -1.45. The molecule has 0 bridgehead atoms. The molecule has 1 aromatic rings. The van der Waals surface area contributed by atoms with Crippen LogP contribution in [0.4, 0.5) is 0 Å². The minimum atomic E-state index is -3.48. The van der Waals surface area contributed by atoms with Crippen molar-refractivity contribution < 1.29 is 18.0 Å². The van der Waals surface area contributed by atoms with Gasteiger partial charge in [-0.15, -0.1) is 11.3 Å². The molecular formula is C15H23N3O4S2. The second-order valence-electron chi connectivity index (χ2n) is 6.08. The molecule has 1 aliphatic rings. The summed E-state index contributed by atoms with van der Waals surface area (Å²) in [5.74, 6) is -0.441. The molecule has 1 atom stereocenters. The van der Waals surface area contributed by atoms with E-state index in [-0.39, 0.29) is 30.8 Å².